The van der Waals surface area contributed by atoms with Gasteiger partial charge in [0.15, 0.2) is 0 Å². The number of benzene rings is 1. The Morgan fingerprint density at radius 3 is 2.58 bits per heavy atom. The van der Waals surface area contributed by atoms with Crippen molar-refractivity contribution in [2.75, 3.05) is 6.54 Å². The lowest BCUT2D eigenvalue weighted by Crippen LogP contribution is -2.43. The van der Waals surface area contributed by atoms with Gasteiger partial charge in [-0.25, -0.2) is 4.98 Å². The van der Waals surface area contributed by atoms with Crippen LogP contribution in [0.25, 0.3) is 0 Å². The van der Waals surface area contributed by atoms with Crippen molar-refractivity contribution in [1.29, 1.82) is 0 Å². The molecular formula is C21H20N2O. The van der Waals surface area contributed by atoms with Crippen molar-refractivity contribution in [3.63, 3.8) is 0 Å². The van der Waals surface area contributed by atoms with E-state index in [-0.39, 0.29) is 5.91 Å². The normalized spacial score (nSPS) is 17.3. The highest BCUT2D eigenvalue weighted by atomic mass is 16.2. The van der Waals surface area contributed by atoms with Gasteiger partial charge in [-0.1, -0.05) is 37.0 Å². The average Bonchev–Trinajstić information content (AvgIpc) is 3.15. The number of hydrogen-bond donors (Lipinski definition) is 0. The van der Waals surface area contributed by atoms with Crippen molar-refractivity contribution in [1.82, 2.24) is 9.88 Å². The van der Waals surface area contributed by atoms with Crippen LogP contribution >= 0.6 is 0 Å². The molecule has 24 heavy (non-hydrogen) atoms. The van der Waals surface area contributed by atoms with Crippen LogP contribution < -0.4 is 0 Å². The van der Waals surface area contributed by atoms with E-state index in [2.05, 4.69) is 21.7 Å². The molecule has 1 aromatic carbocycles. The number of pyridine rings is 1. The van der Waals surface area contributed by atoms with E-state index in [0.717, 1.165) is 48.3 Å². The van der Waals surface area contributed by atoms with Crippen LogP contribution in [0.5, 0.6) is 0 Å². The van der Waals surface area contributed by atoms with Gasteiger partial charge in [0.05, 0.1) is 11.3 Å². The van der Waals surface area contributed by atoms with Crippen molar-refractivity contribution < 1.29 is 4.79 Å². The summed E-state index contributed by atoms with van der Waals surface area (Å²) >= 11 is 0. The summed E-state index contributed by atoms with van der Waals surface area (Å²) in [5.41, 5.74) is 3.37. The molecule has 0 atom stereocenters. The fourth-order valence-corrected chi connectivity index (χ4v) is 3.66. The minimum absolute atomic E-state index is 0.151. The number of carbonyl (C=O) groups is 1. The monoisotopic (exact) mass is 316 g/mol. The third-order valence-corrected chi connectivity index (χ3v) is 4.93. The van der Waals surface area contributed by atoms with Gasteiger partial charge >= 0.3 is 0 Å². The fourth-order valence-electron chi connectivity index (χ4n) is 3.66. The van der Waals surface area contributed by atoms with E-state index in [9.17, 15) is 4.79 Å². The molecule has 0 spiro atoms. The molecular weight excluding hydrogens is 296 g/mol. The van der Waals surface area contributed by atoms with E-state index in [0.29, 0.717) is 6.04 Å². The average molecular weight is 316 g/mol. The molecule has 120 valence electrons. The number of aromatic nitrogens is 1. The Morgan fingerprint density at radius 1 is 1.00 bits per heavy atom. The number of carbonyl (C=O) groups excluding carboxylic acids is 1. The lowest BCUT2D eigenvalue weighted by Gasteiger charge is -2.33. The Bertz CT molecular complexity index is 811. The van der Waals surface area contributed by atoms with Crippen LogP contribution in [0.3, 0.4) is 0 Å². The second-order valence-corrected chi connectivity index (χ2v) is 6.49. The number of rotatable bonds is 1. The molecule has 1 aliphatic carbocycles. The summed E-state index contributed by atoms with van der Waals surface area (Å²) in [4.78, 5) is 19.4. The van der Waals surface area contributed by atoms with Crippen molar-refractivity contribution >= 4 is 5.91 Å². The molecule has 4 rings (SSSR count). The van der Waals surface area contributed by atoms with Gasteiger partial charge in [0.2, 0.25) is 0 Å². The van der Waals surface area contributed by atoms with E-state index in [1.54, 1.807) is 0 Å². The first-order valence-electron chi connectivity index (χ1n) is 8.69. The van der Waals surface area contributed by atoms with Gasteiger partial charge in [-0.05, 0) is 43.0 Å². The van der Waals surface area contributed by atoms with Crippen LogP contribution in [-0.4, -0.2) is 28.4 Å². The highest BCUT2D eigenvalue weighted by molar-refractivity contribution is 5.96. The maximum absolute atomic E-state index is 12.7. The predicted octanol–water partition coefficient (Wildman–Crippen LogP) is 3.42. The predicted molar refractivity (Wildman–Crippen MR) is 93.7 cm³/mol. The Kier molecular flexibility index (Phi) is 4.04. The molecule has 1 aliphatic heterocycles. The first-order chi connectivity index (χ1) is 11.8. The molecule has 3 nitrogen and oxygen atoms in total. The second-order valence-electron chi connectivity index (χ2n) is 6.49. The third-order valence-electron chi connectivity index (χ3n) is 4.93. The summed E-state index contributed by atoms with van der Waals surface area (Å²) < 4.78 is 0. The van der Waals surface area contributed by atoms with Crippen molar-refractivity contribution in [3.05, 3.63) is 65.0 Å². The smallest absolute Gasteiger partial charge is 0.255 e. The van der Waals surface area contributed by atoms with Gasteiger partial charge in [-0.2, -0.15) is 0 Å². The lowest BCUT2D eigenvalue weighted by molar-refractivity contribution is 0.0661. The molecule has 1 fully saturated rings. The van der Waals surface area contributed by atoms with Gasteiger partial charge < -0.3 is 4.90 Å². The molecule has 0 unspecified atom stereocenters. The zero-order valence-corrected chi connectivity index (χ0v) is 13.7. The largest absolute Gasteiger partial charge is 0.335 e. The first kappa shape index (κ1) is 15.0. The second kappa shape index (κ2) is 6.49. The Labute approximate surface area is 142 Å². The van der Waals surface area contributed by atoms with E-state index >= 15 is 0 Å². The molecule has 3 heteroatoms. The maximum Gasteiger partial charge on any atom is 0.255 e. The highest BCUT2D eigenvalue weighted by Crippen LogP contribution is 2.28. The zero-order chi connectivity index (χ0) is 16.4. The molecule has 0 radical (unpaired) electrons. The molecule has 1 amide bonds. The fraction of sp³-hybridized carbons (Fsp3) is 0.333. The van der Waals surface area contributed by atoms with Crippen molar-refractivity contribution in [3.8, 4) is 11.8 Å². The topological polar surface area (TPSA) is 33.2 Å². The summed E-state index contributed by atoms with van der Waals surface area (Å²) in [6, 6.07) is 14.1. The minimum Gasteiger partial charge on any atom is -0.335 e. The SMILES string of the molecule is O=C1c2ccc(C#Cc3ccccc3)nc2CCN1C1CCCC1. The van der Waals surface area contributed by atoms with Crippen LogP contribution in [-0.2, 0) is 6.42 Å². The van der Waals surface area contributed by atoms with Crippen LogP contribution in [0, 0.1) is 11.8 Å². The van der Waals surface area contributed by atoms with Gasteiger partial charge in [-0.3, -0.25) is 4.79 Å². The molecule has 0 bridgehead atoms. The molecule has 0 N–H and O–H groups in total. The third kappa shape index (κ3) is 2.92. The van der Waals surface area contributed by atoms with Crippen LogP contribution in [0.15, 0.2) is 42.5 Å². The molecule has 2 aliphatic rings. The van der Waals surface area contributed by atoms with Crippen LogP contribution in [0.2, 0.25) is 0 Å². The number of amides is 1. The van der Waals surface area contributed by atoms with Gasteiger partial charge in [0.1, 0.15) is 5.69 Å². The Morgan fingerprint density at radius 2 is 1.79 bits per heavy atom. The van der Waals surface area contributed by atoms with Gasteiger partial charge in [0, 0.05) is 24.6 Å². The standard InChI is InChI=1S/C21H20N2O/c24-21-19-13-12-17(11-10-16-6-2-1-3-7-16)22-20(19)14-15-23(21)18-8-4-5-9-18/h1-3,6-7,12-13,18H,4-5,8-9,14-15H2. The Balaban J connectivity index is 1.57. The number of nitrogens with zero attached hydrogens (tertiary/aromatic N) is 2. The molecule has 2 heterocycles. The van der Waals surface area contributed by atoms with E-state index < -0.39 is 0 Å². The number of fused-ring (bicyclic) bond motifs is 1. The Hall–Kier alpha value is -2.60. The van der Waals surface area contributed by atoms with E-state index in [1.165, 1.54) is 12.8 Å². The molecule has 1 saturated carbocycles. The van der Waals surface area contributed by atoms with Gasteiger partial charge in [-0.15, -0.1) is 0 Å². The van der Waals surface area contributed by atoms with Gasteiger partial charge in [0.25, 0.3) is 5.91 Å². The molecule has 1 aromatic heterocycles. The minimum atomic E-state index is 0.151. The molecule has 0 saturated heterocycles. The van der Waals surface area contributed by atoms with Crippen molar-refractivity contribution in [2.24, 2.45) is 0 Å². The van der Waals surface area contributed by atoms with Crippen LogP contribution in [0.4, 0.5) is 0 Å². The van der Waals surface area contributed by atoms with E-state index in [1.807, 2.05) is 42.5 Å². The summed E-state index contributed by atoms with van der Waals surface area (Å²) in [5.74, 6) is 6.38. The quantitative estimate of drug-likeness (QED) is 0.755. The summed E-state index contributed by atoms with van der Waals surface area (Å²) in [5, 5.41) is 0. The van der Waals surface area contributed by atoms with Crippen LogP contribution in [0.1, 0.15) is 53.0 Å². The highest BCUT2D eigenvalue weighted by Gasteiger charge is 2.32. The molecule has 2 aromatic rings. The van der Waals surface area contributed by atoms with E-state index in [4.69, 9.17) is 0 Å². The first-order valence-corrected chi connectivity index (χ1v) is 8.69. The summed E-state index contributed by atoms with van der Waals surface area (Å²) in [7, 11) is 0. The van der Waals surface area contributed by atoms with Crippen molar-refractivity contribution in [2.45, 2.75) is 38.1 Å². The summed E-state index contributed by atoms with van der Waals surface area (Å²) in [6.07, 6.45) is 5.61. The maximum atomic E-state index is 12.7. The summed E-state index contributed by atoms with van der Waals surface area (Å²) in [6.45, 7) is 0.791. The zero-order valence-electron chi connectivity index (χ0n) is 13.7. The number of hydrogen-bond acceptors (Lipinski definition) is 2. The lowest BCUT2D eigenvalue weighted by atomic mass is 10.0.